The lowest BCUT2D eigenvalue weighted by molar-refractivity contribution is -0.130. The highest BCUT2D eigenvalue weighted by atomic mass is 32.2. The highest BCUT2D eigenvalue weighted by Crippen LogP contribution is 2.39. The summed E-state index contributed by atoms with van der Waals surface area (Å²) in [6, 6.07) is 15.0. The van der Waals surface area contributed by atoms with Gasteiger partial charge in [-0.1, -0.05) is 18.2 Å². The second kappa shape index (κ2) is 12.5. The number of carbonyl (C=O) groups excluding carboxylic acids is 2. The first-order chi connectivity index (χ1) is 19.8. The molecular formula is C30H40N4O6S. The number of hydrogen-bond acceptors (Lipinski definition) is 8. The van der Waals surface area contributed by atoms with Crippen molar-refractivity contribution in [2.75, 3.05) is 62.8 Å². The minimum absolute atomic E-state index is 0.0238. The van der Waals surface area contributed by atoms with Crippen molar-refractivity contribution < 1.29 is 28.0 Å². The maximum Gasteiger partial charge on any atom is 0.244 e. The van der Waals surface area contributed by atoms with Crippen molar-refractivity contribution in [2.45, 2.75) is 48.2 Å². The number of nitrogens with one attached hydrogen (secondary N) is 1. The van der Waals surface area contributed by atoms with Crippen LogP contribution in [-0.4, -0.2) is 88.1 Å². The Bertz CT molecular complexity index is 1330. The fourth-order valence-corrected chi connectivity index (χ4v) is 8.57. The molecule has 222 valence electrons. The summed E-state index contributed by atoms with van der Waals surface area (Å²) in [6.45, 7) is 4.47. The van der Waals surface area contributed by atoms with E-state index in [1.807, 2.05) is 35.2 Å². The number of rotatable bonds is 9. The van der Waals surface area contributed by atoms with Gasteiger partial charge in [0.25, 0.3) is 0 Å². The summed E-state index contributed by atoms with van der Waals surface area (Å²) >= 11 is 0. The summed E-state index contributed by atoms with van der Waals surface area (Å²) in [4.78, 5) is 31.9. The van der Waals surface area contributed by atoms with Crippen LogP contribution >= 0.6 is 0 Å². The summed E-state index contributed by atoms with van der Waals surface area (Å²) in [7, 11) is -2.24. The highest BCUT2D eigenvalue weighted by Gasteiger charge is 2.48. The van der Waals surface area contributed by atoms with Crippen molar-refractivity contribution in [1.82, 2.24) is 10.4 Å². The molecule has 0 radical (unpaired) electrons. The van der Waals surface area contributed by atoms with Gasteiger partial charge >= 0.3 is 0 Å². The lowest BCUT2D eigenvalue weighted by atomic mass is 9.92. The molecule has 3 aliphatic heterocycles. The van der Waals surface area contributed by atoms with Crippen LogP contribution in [0.25, 0.3) is 0 Å². The number of hydrogen-bond donors (Lipinski definition) is 2. The molecule has 2 saturated heterocycles. The Labute approximate surface area is 242 Å². The van der Waals surface area contributed by atoms with Crippen molar-refractivity contribution in [3.8, 4) is 0 Å². The largest absolute Gasteiger partial charge is 0.383 e. The molecule has 0 unspecified atom stereocenters. The van der Waals surface area contributed by atoms with Gasteiger partial charge in [-0.2, -0.15) is 0 Å². The normalized spacial score (nSPS) is 19.7. The number of sulfone groups is 1. The van der Waals surface area contributed by atoms with E-state index in [9.17, 15) is 23.2 Å². The maximum absolute atomic E-state index is 13.9. The van der Waals surface area contributed by atoms with Gasteiger partial charge in [0.05, 0.1) is 16.2 Å². The first-order valence-electron chi connectivity index (χ1n) is 14.4. The third-order valence-corrected chi connectivity index (χ3v) is 11.7. The van der Waals surface area contributed by atoms with Crippen LogP contribution in [0.3, 0.4) is 0 Å². The number of benzene rings is 2. The van der Waals surface area contributed by atoms with Gasteiger partial charge < -0.3 is 19.4 Å². The average molecular weight is 585 g/mol. The van der Waals surface area contributed by atoms with Crippen LogP contribution in [0, 0.1) is 5.92 Å². The minimum atomic E-state index is -3.87. The van der Waals surface area contributed by atoms with E-state index in [2.05, 4.69) is 15.9 Å². The van der Waals surface area contributed by atoms with Gasteiger partial charge in [-0.05, 0) is 81.1 Å². The Kier molecular flexibility index (Phi) is 8.98. The molecule has 0 atom stereocenters. The molecule has 2 N–H and O–H groups in total. The van der Waals surface area contributed by atoms with Crippen LogP contribution < -0.4 is 15.3 Å². The lowest BCUT2D eigenvalue weighted by Crippen LogP contribution is -2.51. The topological polar surface area (TPSA) is 119 Å². The van der Waals surface area contributed by atoms with Crippen molar-refractivity contribution in [3.05, 3.63) is 54.1 Å². The third-order valence-electron chi connectivity index (χ3n) is 9.07. The molecule has 3 heterocycles. The lowest BCUT2D eigenvalue weighted by Gasteiger charge is -2.40. The molecule has 0 aromatic heterocycles. The first kappa shape index (κ1) is 29.5. The number of likely N-dealkylation sites (tertiary alicyclic amines) is 1. The summed E-state index contributed by atoms with van der Waals surface area (Å²) in [5.41, 5.74) is 4.80. The number of para-hydroxylation sites is 1. The number of nitrogens with zero attached hydrogens (tertiary/aromatic N) is 3. The molecule has 2 fully saturated rings. The van der Waals surface area contributed by atoms with E-state index >= 15 is 0 Å². The van der Waals surface area contributed by atoms with Gasteiger partial charge in [0.1, 0.15) is 0 Å². The van der Waals surface area contributed by atoms with Gasteiger partial charge in [0, 0.05) is 57.0 Å². The zero-order valence-corrected chi connectivity index (χ0v) is 24.4. The van der Waals surface area contributed by atoms with Crippen LogP contribution in [-0.2, 0) is 30.6 Å². The number of hydroxylamine groups is 1. The zero-order chi connectivity index (χ0) is 29.0. The van der Waals surface area contributed by atoms with E-state index in [4.69, 9.17) is 4.74 Å². The van der Waals surface area contributed by atoms with Crippen LogP contribution in [0.1, 0.15) is 37.7 Å². The fraction of sp³-hybridized carbons (Fsp3) is 0.533. The summed E-state index contributed by atoms with van der Waals surface area (Å²) in [5, 5.41) is 9.17. The van der Waals surface area contributed by atoms with Crippen LogP contribution in [0.15, 0.2) is 53.4 Å². The van der Waals surface area contributed by atoms with E-state index in [0.29, 0.717) is 26.2 Å². The van der Waals surface area contributed by atoms with Gasteiger partial charge in [-0.3, -0.25) is 14.8 Å². The second-order valence-electron chi connectivity index (χ2n) is 11.4. The molecule has 10 nitrogen and oxygen atoms in total. The van der Waals surface area contributed by atoms with Gasteiger partial charge in [0.2, 0.25) is 11.8 Å². The molecule has 0 bridgehead atoms. The molecule has 2 amide bonds. The smallest absolute Gasteiger partial charge is 0.244 e. The van der Waals surface area contributed by atoms with Gasteiger partial charge in [-0.25, -0.2) is 13.9 Å². The molecule has 3 aliphatic rings. The monoisotopic (exact) mass is 584 g/mol. The molecule has 11 heteroatoms. The molecule has 41 heavy (non-hydrogen) atoms. The predicted molar refractivity (Wildman–Crippen MR) is 156 cm³/mol. The summed E-state index contributed by atoms with van der Waals surface area (Å²) in [5.74, 6) is -0.531. The van der Waals surface area contributed by atoms with Crippen molar-refractivity contribution in [2.24, 2.45) is 5.92 Å². The Hall–Kier alpha value is -2.99. The van der Waals surface area contributed by atoms with Crippen molar-refractivity contribution in [3.63, 3.8) is 0 Å². The Morgan fingerprint density at radius 3 is 2.34 bits per heavy atom. The molecule has 0 aliphatic carbocycles. The minimum Gasteiger partial charge on any atom is -0.383 e. The number of ether oxygens (including phenoxy) is 1. The van der Waals surface area contributed by atoms with E-state index in [1.54, 1.807) is 24.7 Å². The zero-order valence-electron chi connectivity index (χ0n) is 23.6. The van der Waals surface area contributed by atoms with E-state index in [1.165, 1.54) is 5.56 Å². The van der Waals surface area contributed by atoms with Crippen molar-refractivity contribution in [1.29, 1.82) is 0 Å². The quantitative estimate of drug-likeness (QED) is 0.341. The Balaban J connectivity index is 1.24. The van der Waals surface area contributed by atoms with Crippen LogP contribution in [0.4, 0.5) is 11.4 Å². The third kappa shape index (κ3) is 5.99. The SMILES string of the molecule is COCCN1CCC(CC(=O)NO)(S(=O)(=O)c2ccc(N3CCC(C(=O)N4CCc5ccccc54)CC3)cc2)CC1. The number of anilines is 2. The number of amides is 2. The molecule has 0 saturated carbocycles. The average Bonchev–Trinajstić information content (AvgIpc) is 3.44. The van der Waals surface area contributed by atoms with E-state index in [-0.39, 0.29) is 36.0 Å². The molecule has 2 aromatic carbocycles. The second-order valence-corrected chi connectivity index (χ2v) is 13.7. The van der Waals surface area contributed by atoms with Gasteiger partial charge in [0.15, 0.2) is 9.84 Å². The number of methoxy groups -OCH3 is 1. The van der Waals surface area contributed by atoms with E-state index in [0.717, 1.165) is 50.3 Å². The molecular weight excluding hydrogens is 544 g/mol. The molecule has 5 rings (SSSR count). The summed E-state index contributed by atoms with van der Waals surface area (Å²) in [6.07, 6.45) is 2.67. The number of fused-ring (bicyclic) bond motifs is 1. The van der Waals surface area contributed by atoms with Crippen LogP contribution in [0.5, 0.6) is 0 Å². The predicted octanol–water partition coefficient (Wildman–Crippen LogP) is 2.64. The van der Waals surface area contributed by atoms with Crippen LogP contribution in [0.2, 0.25) is 0 Å². The Morgan fingerprint density at radius 1 is 1.00 bits per heavy atom. The van der Waals surface area contributed by atoms with Crippen molar-refractivity contribution >= 4 is 33.0 Å². The maximum atomic E-state index is 13.9. The highest BCUT2D eigenvalue weighted by molar-refractivity contribution is 7.92. The fourth-order valence-electron chi connectivity index (χ4n) is 6.54. The standard InChI is InChI=1S/C30H40N4O6S/c1-40-21-20-32-18-13-30(14-19-32,22-28(35)31-37)41(38,39)26-8-6-25(7-9-26)33-15-10-24(11-16-33)29(36)34-17-12-23-4-2-3-5-27(23)34/h2-9,24,37H,10-22H2,1H3,(H,31,35). The Morgan fingerprint density at radius 2 is 1.68 bits per heavy atom. The van der Waals surface area contributed by atoms with E-state index < -0.39 is 20.5 Å². The summed E-state index contributed by atoms with van der Waals surface area (Å²) < 4.78 is 31.7. The molecule has 0 spiro atoms. The first-order valence-corrected chi connectivity index (χ1v) is 15.9. The number of piperidine rings is 2. The van der Waals surface area contributed by atoms with Gasteiger partial charge in [-0.15, -0.1) is 0 Å². The molecule has 2 aromatic rings. The number of carbonyl (C=O) groups is 2.